The molecule has 0 atom stereocenters. The van der Waals surface area contributed by atoms with Crippen molar-refractivity contribution in [3.05, 3.63) is 58.8 Å². The number of aryl methyl sites for hydroxylation is 1. The van der Waals surface area contributed by atoms with Crippen molar-refractivity contribution in [2.24, 2.45) is 0 Å². The third-order valence-electron chi connectivity index (χ3n) is 2.83. The lowest BCUT2D eigenvalue weighted by Gasteiger charge is -2.04. The first-order valence-corrected chi connectivity index (χ1v) is 5.38. The minimum atomic E-state index is -0.125. The Morgan fingerprint density at radius 3 is 2.71 bits per heavy atom. The van der Waals surface area contributed by atoms with E-state index >= 15 is 0 Å². The fourth-order valence-corrected chi connectivity index (χ4v) is 2.07. The molecule has 0 aliphatic carbocycles. The molecular weight excluding hydrogens is 214 g/mol. The summed E-state index contributed by atoms with van der Waals surface area (Å²) in [6.45, 7) is 1.99. The van der Waals surface area contributed by atoms with Crippen LogP contribution in [0.3, 0.4) is 0 Å². The quantitative estimate of drug-likeness (QED) is 0.688. The molecule has 0 bridgehead atoms. The van der Waals surface area contributed by atoms with Crippen LogP contribution in [0.4, 0.5) is 0 Å². The van der Waals surface area contributed by atoms with Gasteiger partial charge in [0, 0.05) is 12.4 Å². The van der Waals surface area contributed by atoms with E-state index in [-0.39, 0.29) is 5.69 Å². The highest BCUT2D eigenvalue weighted by atomic mass is 16.1. The molecule has 4 heteroatoms. The number of para-hydroxylation sites is 1. The molecule has 0 aliphatic rings. The molecule has 0 radical (unpaired) electrons. The summed E-state index contributed by atoms with van der Waals surface area (Å²) in [6, 6.07) is 9.47. The van der Waals surface area contributed by atoms with E-state index in [1.54, 1.807) is 17.0 Å². The van der Waals surface area contributed by atoms with Crippen LogP contribution in [-0.4, -0.2) is 14.5 Å². The van der Waals surface area contributed by atoms with Crippen LogP contribution >= 0.6 is 0 Å². The molecule has 1 aromatic carbocycles. The molecule has 0 aliphatic heterocycles. The Morgan fingerprint density at radius 2 is 1.94 bits per heavy atom. The number of pyridine rings is 1. The molecule has 0 amide bonds. The molecule has 3 rings (SSSR count). The smallest absolute Gasteiger partial charge is 0.305 e. The zero-order chi connectivity index (χ0) is 11.8. The minimum Gasteiger partial charge on any atom is -0.305 e. The number of nitrogens with one attached hydrogen (secondary N) is 1. The van der Waals surface area contributed by atoms with Crippen molar-refractivity contribution in [2.45, 2.75) is 6.92 Å². The van der Waals surface area contributed by atoms with Gasteiger partial charge < -0.3 is 4.98 Å². The van der Waals surface area contributed by atoms with Crippen LogP contribution in [0.25, 0.3) is 16.7 Å². The highest BCUT2D eigenvalue weighted by Gasteiger charge is 2.09. The van der Waals surface area contributed by atoms with Crippen molar-refractivity contribution < 1.29 is 0 Å². The van der Waals surface area contributed by atoms with E-state index in [9.17, 15) is 4.79 Å². The van der Waals surface area contributed by atoms with Gasteiger partial charge >= 0.3 is 5.69 Å². The lowest BCUT2D eigenvalue weighted by atomic mass is 10.2. The highest BCUT2D eigenvalue weighted by Crippen LogP contribution is 2.18. The van der Waals surface area contributed by atoms with Gasteiger partial charge in [-0.15, -0.1) is 0 Å². The van der Waals surface area contributed by atoms with E-state index in [2.05, 4.69) is 9.97 Å². The largest absolute Gasteiger partial charge is 0.331 e. The number of fused-ring (bicyclic) bond motifs is 1. The van der Waals surface area contributed by atoms with Gasteiger partial charge in [0.2, 0.25) is 0 Å². The molecule has 0 spiro atoms. The summed E-state index contributed by atoms with van der Waals surface area (Å²) in [5, 5.41) is 0. The number of rotatable bonds is 1. The lowest BCUT2D eigenvalue weighted by Crippen LogP contribution is -2.14. The van der Waals surface area contributed by atoms with E-state index in [0.29, 0.717) is 0 Å². The van der Waals surface area contributed by atoms with Crippen molar-refractivity contribution in [2.75, 3.05) is 0 Å². The molecule has 2 aromatic heterocycles. The first-order chi connectivity index (χ1) is 8.27. The van der Waals surface area contributed by atoms with Crippen LogP contribution in [0, 0.1) is 6.92 Å². The second kappa shape index (κ2) is 3.59. The normalized spacial score (nSPS) is 10.9. The van der Waals surface area contributed by atoms with Gasteiger partial charge in [0.05, 0.1) is 16.7 Å². The predicted octanol–water partition coefficient (Wildman–Crippen LogP) is 2.02. The molecule has 1 N–H and O–H groups in total. The monoisotopic (exact) mass is 225 g/mol. The van der Waals surface area contributed by atoms with Crippen molar-refractivity contribution in [1.82, 2.24) is 14.5 Å². The van der Waals surface area contributed by atoms with Gasteiger partial charge in [-0.3, -0.25) is 9.55 Å². The molecular formula is C13H11N3O. The second-order valence-electron chi connectivity index (χ2n) is 3.94. The molecule has 2 heterocycles. The second-order valence-corrected chi connectivity index (χ2v) is 3.94. The van der Waals surface area contributed by atoms with Crippen molar-refractivity contribution in [1.29, 1.82) is 0 Å². The summed E-state index contributed by atoms with van der Waals surface area (Å²) >= 11 is 0. The molecule has 0 fully saturated rings. The topological polar surface area (TPSA) is 50.7 Å². The maximum Gasteiger partial charge on any atom is 0.331 e. The van der Waals surface area contributed by atoms with E-state index < -0.39 is 0 Å². The molecule has 0 unspecified atom stereocenters. The Hall–Kier alpha value is -2.36. The molecule has 3 aromatic rings. The van der Waals surface area contributed by atoms with Gasteiger partial charge in [0.15, 0.2) is 0 Å². The fraction of sp³-hybridized carbons (Fsp3) is 0.0769. The maximum absolute atomic E-state index is 12.0. The standard InChI is InChI=1S/C13H11N3O/c1-9-3-2-4-11-12(9)16(13(17)15-11)10-5-7-14-8-6-10/h2-8H,1H3,(H,15,17). The van der Waals surface area contributed by atoms with E-state index in [4.69, 9.17) is 0 Å². The number of nitrogens with zero attached hydrogens (tertiary/aromatic N) is 2. The van der Waals surface area contributed by atoms with Crippen LogP contribution in [0.2, 0.25) is 0 Å². The van der Waals surface area contributed by atoms with Gasteiger partial charge in [-0.1, -0.05) is 12.1 Å². The molecule has 17 heavy (non-hydrogen) atoms. The van der Waals surface area contributed by atoms with E-state index in [1.165, 1.54) is 0 Å². The Labute approximate surface area is 97.6 Å². The van der Waals surface area contributed by atoms with Gasteiger partial charge in [-0.05, 0) is 30.7 Å². The molecule has 0 saturated carbocycles. The Kier molecular flexibility index (Phi) is 2.08. The van der Waals surface area contributed by atoms with Gasteiger partial charge in [0.1, 0.15) is 0 Å². The van der Waals surface area contributed by atoms with Crippen LogP contribution in [0.15, 0.2) is 47.5 Å². The third kappa shape index (κ3) is 1.45. The highest BCUT2D eigenvalue weighted by molar-refractivity contribution is 5.80. The number of imidazole rings is 1. The van der Waals surface area contributed by atoms with Crippen LogP contribution in [0.1, 0.15) is 5.56 Å². The number of aromatic amines is 1. The molecule has 84 valence electrons. The molecule has 4 nitrogen and oxygen atoms in total. The fourth-order valence-electron chi connectivity index (χ4n) is 2.07. The number of hydrogen-bond acceptors (Lipinski definition) is 2. The average molecular weight is 225 g/mol. The maximum atomic E-state index is 12.0. The first-order valence-electron chi connectivity index (χ1n) is 5.38. The zero-order valence-corrected chi connectivity index (χ0v) is 9.34. The number of hydrogen-bond donors (Lipinski definition) is 1. The van der Waals surface area contributed by atoms with Crippen LogP contribution in [0.5, 0.6) is 0 Å². The zero-order valence-electron chi connectivity index (χ0n) is 9.34. The Bertz CT molecular complexity index is 725. The van der Waals surface area contributed by atoms with Crippen molar-refractivity contribution >= 4 is 11.0 Å². The Balaban J connectivity index is 2.45. The predicted molar refractivity (Wildman–Crippen MR) is 66.4 cm³/mol. The summed E-state index contributed by atoms with van der Waals surface area (Å²) in [7, 11) is 0. The SMILES string of the molecule is Cc1cccc2[nH]c(=O)n(-c3ccncc3)c12. The lowest BCUT2D eigenvalue weighted by molar-refractivity contribution is 1.01. The first kappa shape index (κ1) is 9.84. The van der Waals surface area contributed by atoms with E-state index in [1.807, 2.05) is 37.3 Å². The minimum absolute atomic E-state index is 0.125. The third-order valence-corrected chi connectivity index (χ3v) is 2.83. The van der Waals surface area contributed by atoms with Gasteiger partial charge in [-0.2, -0.15) is 0 Å². The Morgan fingerprint density at radius 1 is 1.18 bits per heavy atom. The van der Waals surface area contributed by atoms with Crippen molar-refractivity contribution in [3.63, 3.8) is 0 Å². The number of aromatic nitrogens is 3. The van der Waals surface area contributed by atoms with E-state index in [0.717, 1.165) is 22.3 Å². The van der Waals surface area contributed by atoms with Crippen LogP contribution in [-0.2, 0) is 0 Å². The summed E-state index contributed by atoms with van der Waals surface area (Å²) in [4.78, 5) is 18.8. The number of benzene rings is 1. The molecule has 0 saturated heterocycles. The summed E-state index contributed by atoms with van der Waals surface area (Å²) in [5.41, 5.74) is 3.54. The van der Waals surface area contributed by atoms with Gasteiger partial charge in [-0.25, -0.2) is 4.79 Å². The number of H-pyrrole nitrogens is 1. The average Bonchev–Trinajstić information content (AvgIpc) is 2.68. The van der Waals surface area contributed by atoms with Crippen LogP contribution < -0.4 is 5.69 Å². The summed E-state index contributed by atoms with van der Waals surface area (Å²) in [6.07, 6.45) is 3.36. The van der Waals surface area contributed by atoms with Crippen molar-refractivity contribution in [3.8, 4) is 5.69 Å². The summed E-state index contributed by atoms with van der Waals surface area (Å²) < 4.78 is 1.67. The summed E-state index contributed by atoms with van der Waals surface area (Å²) in [5.74, 6) is 0. The van der Waals surface area contributed by atoms with Gasteiger partial charge in [0.25, 0.3) is 0 Å².